The number of nitrogens with one attached hydrogen (secondary N) is 1. The molecule has 0 aromatic carbocycles. The minimum atomic E-state index is 0.597. The van der Waals surface area contributed by atoms with E-state index in [1.54, 1.807) is 4.88 Å². The van der Waals surface area contributed by atoms with Crippen LogP contribution in [0.15, 0.2) is 12.1 Å². The summed E-state index contributed by atoms with van der Waals surface area (Å²) in [6.07, 6.45) is 8.61. The first-order chi connectivity index (χ1) is 8.80. The Bertz CT molecular complexity index is 398. The van der Waals surface area contributed by atoms with Crippen molar-refractivity contribution in [1.29, 1.82) is 0 Å². The first-order valence-electron chi connectivity index (χ1n) is 7.56. The van der Waals surface area contributed by atoms with E-state index < -0.39 is 0 Å². The predicted molar refractivity (Wildman–Crippen MR) is 79.1 cm³/mol. The minimum absolute atomic E-state index is 0.597. The monoisotopic (exact) mass is 263 g/mol. The van der Waals surface area contributed by atoms with Gasteiger partial charge in [0, 0.05) is 15.8 Å². The average Bonchev–Trinajstić information content (AvgIpc) is 3.10. The molecule has 1 aromatic heterocycles. The molecule has 0 saturated heterocycles. The highest BCUT2D eigenvalue weighted by molar-refractivity contribution is 7.12. The lowest BCUT2D eigenvalue weighted by molar-refractivity contribution is 0.285. The average molecular weight is 263 g/mol. The maximum absolute atomic E-state index is 3.55. The van der Waals surface area contributed by atoms with E-state index in [2.05, 4.69) is 31.4 Å². The first-order valence-corrected chi connectivity index (χ1v) is 8.37. The van der Waals surface area contributed by atoms with Crippen LogP contribution in [-0.2, 0) is 6.42 Å². The second-order valence-corrected chi connectivity index (χ2v) is 7.37. The molecular weight excluding hydrogens is 238 g/mol. The Balaban J connectivity index is 1.65. The van der Waals surface area contributed by atoms with Crippen LogP contribution in [0.4, 0.5) is 0 Å². The number of hydrogen-bond acceptors (Lipinski definition) is 2. The van der Waals surface area contributed by atoms with Gasteiger partial charge in [0.2, 0.25) is 0 Å². The third kappa shape index (κ3) is 2.37. The molecule has 1 heterocycles. The summed E-state index contributed by atoms with van der Waals surface area (Å²) in [5.74, 6) is 3.12. The molecule has 0 aliphatic heterocycles. The fourth-order valence-corrected chi connectivity index (χ4v) is 5.19. The lowest BCUT2D eigenvalue weighted by Crippen LogP contribution is -2.21. The molecule has 1 nitrogen and oxygen atoms in total. The molecule has 2 aliphatic rings. The minimum Gasteiger partial charge on any atom is -0.312 e. The van der Waals surface area contributed by atoms with Crippen molar-refractivity contribution in [1.82, 2.24) is 5.32 Å². The predicted octanol–water partition coefficient (Wildman–Crippen LogP) is 4.40. The lowest BCUT2D eigenvalue weighted by atomic mass is 9.84. The summed E-state index contributed by atoms with van der Waals surface area (Å²) in [6, 6.07) is 5.25. The summed E-state index contributed by atoms with van der Waals surface area (Å²) in [6.45, 7) is 2.25. The van der Waals surface area contributed by atoms with E-state index in [0.717, 1.165) is 17.8 Å². The van der Waals surface area contributed by atoms with Gasteiger partial charge in [-0.1, -0.05) is 13.3 Å². The van der Waals surface area contributed by atoms with Gasteiger partial charge in [-0.2, -0.15) is 0 Å². The SMILES string of the molecule is CCc1ccc(C(CC2CC3CCC2C3)NC)s1. The Hall–Kier alpha value is -0.340. The highest BCUT2D eigenvalue weighted by atomic mass is 32.1. The standard InChI is InChI=1S/C16H25NS/c1-3-14-6-7-16(18-14)15(17-2)10-13-9-11-4-5-12(13)8-11/h6-7,11-13,15,17H,3-5,8-10H2,1-2H3. The van der Waals surface area contributed by atoms with Crippen LogP contribution in [-0.4, -0.2) is 7.05 Å². The molecule has 100 valence electrons. The molecule has 2 aliphatic carbocycles. The van der Waals surface area contributed by atoms with Gasteiger partial charge in [-0.3, -0.25) is 0 Å². The van der Waals surface area contributed by atoms with Crippen LogP contribution in [0, 0.1) is 17.8 Å². The quantitative estimate of drug-likeness (QED) is 0.830. The summed E-state index contributed by atoms with van der Waals surface area (Å²) in [7, 11) is 2.13. The number of aryl methyl sites for hydroxylation is 1. The van der Waals surface area contributed by atoms with Gasteiger partial charge in [0.25, 0.3) is 0 Å². The van der Waals surface area contributed by atoms with Gasteiger partial charge in [0.1, 0.15) is 0 Å². The maximum Gasteiger partial charge on any atom is 0.0415 e. The third-order valence-electron chi connectivity index (χ3n) is 5.15. The summed E-state index contributed by atoms with van der Waals surface area (Å²) >= 11 is 2.01. The topological polar surface area (TPSA) is 12.0 Å². The smallest absolute Gasteiger partial charge is 0.0415 e. The van der Waals surface area contributed by atoms with Gasteiger partial charge >= 0.3 is 0 Å². The normalized spacial score (nSPS) is 32.0. The molecule has 2 bridgehead atoms. The number of hydrogen-bond donors (Lipinski definition) is 1. The van der Waals surface area contributed by atoms with Crippen molar-refractivity contribution in [2.45, 2.75) is 51.5 Å². The molecule has 2 heteroatoms. The van der Waals surface area contributed by atoms with Crippen molar-refractivity contribution in [3.05, 3.63) is 21.9 Å². The Morgan fingerprint density at radius 3 is 2.78 bits per heavy atom. The van der Waals surface area contributed by atoms with Gasteiger partial charge in [0.05, 0.1) is 0 Å². The summed E-state index contributed by atoms with van der Waals surface area (Å²) in [5, 5.41) is 3.55. The zero-order chi connectivity index (χ0) is 12.5. The van der Waals surface area contributed by atoms with E-state index in [1.807, 2.05) is 11.3 Å². The van der Waals surface area contributed by atoms with Gasteiger partial charge in [0.15, 0.2) is 0 Å². The molecule has 1 aromatic rings. The Kier molecular flexibility index (Phi) is 3.76. The molecule has 0 spiro atoms. The van der Waals surface area contributed by atoms with Crippen LogP contribution >= 0.6 is 11.3 Å². The molecule has 4 unspecified atom stereocenters. The van der Waals surface area contributed by atoms with Crippen molar-refractivity contribution in [3.8, 4) is 0 Å². The Morgan fingerprint density at radius 1 is 1.33 bits per heavy atom. The van der Waals surface area contributed by atoms with Crippen LogP contribution in [0.25, 0.3) is 0 Å². The molecule has 2 fully saturated rings. The van der Waals surface area contributed by atoms with Crippen molar-refractivity contribution in [2.24, 2.45) is 17.8 Å². The third-order valence-corrected chi connectivity index (χ3v) is 6.49. The van der Waals surface area contributed by atoms with E-state index in [1.165, 1.54) is 43.4 Å². The molecule has 1 N–H and O–H groups in total. The number of thiophene rings is 1. The highest BCUT2D eigenvalue weighted by Crippen LogP contribution is 2.51. The van der Waals surface area contributed by atoms with Gasteiger partial charge in [-0.15, -0.1) is 11.3 Å². The van der Waals surface area contributed by atoms with Crippen LogP contribution in [0.5, 0.6) is 0 Å². The van der Waals surface area contributed by atoms with Crippen LogP contribution in [0.1, 0.15) is 54.8 Å². The Labute approximate surface area is 115 Å². The molecule has 18 heavy (non-hydrogen) atoms. The summed E-state index contributed by atoms with van der Waals surface area (Å²) < 4.78 is 0. The second kappa shape index (κ2) is 5.34. The van der Waals surface area contributed by atoms with E-state index in [4.69, 9.17) is 0 Å². The van der Waals surface area contributed by atoms with Gasteiger partial charge in [-0.05, 0) is 69.0 Å². The van der Waals surface area contributed by atoms with E-state index in [9.17, 15) is 0 Å². The van der Waals surface area contributed by atoms with Gasteiger partial charge < -0.3 is 5.32 Å². The molecule has 0 radical (unpaired) electrons. The van der Waals surface area contributed by atoms with Crippen LogP contribution < -0.4 is 5.32 Å². The Morgan fingerprint density at radius 2 is 2.22 bits per heavy atom. The lowest BCUT2D eigenvalue weighted by Gasteiger charge is -2.26. The van der Waals surface area contributed by atoms with E-state index in [-0.39, 0.29) is 0 Å². The molecular formula is C16H25NS. The van der Waals surface area contributed by atoms with Gasteiger partial charge in [-0.25, -0.2) is 0 Å². The fourth-order valence-electron chi connectivity index (χ4n) is 4.12. The molecule has 3 rings (SSSR count). The fraction of sp³-hybridized carbons (Fsp3) is 0.750. The second-order valence-electron chi connectivity index (χ2n) is 6.17. The molecule has 2 saturated carbocycles. The van der Waals surface area contributed by atoms with Crippen molar-refractivity contribution in [2.75, 3.05) is 7.05 Å². The first kappa shape index (κ1) is 12.7. The molecule has 4 atom stereocenters. The summed E-state index contributed by atoms with van der Waals surface area (Å²) in [5.41, 5.74) is 0. The van der Waals surface area contributed by atoms with Crippen LogP contribution in [0.3, 0.4) is 0 Å². The largest absolute Gasteiger partial charge is 0.312 e. The van der Waals surface area contributed by atoms with E-state index >= 15 is 0 Å². The zero-order valence-electron chi connectivity index (χ0n) is 11.6. The zero-order valence-corrected chi connectivity index (χ0v) is 12.4. The van der Waals surface area contributed by atoms with Crippen molar-refractivity contribution >= 4 is 11.3 Å². The van der Waals surface area contributed by atoms with Crippen molar-refractivity contribution in [3.63, 3.8) is 0 Å². The maximum atomic E-state index is 3.55. The van der Waals surface area contributed by atoms with E-state index in [0.29, 0.717) is 6.04 Å². The molecule has 0 amide bonds. The van der Waals surface area contributed by atoms with Crippen molar-refractivity contribution < 1.29 is 0 Å². The van der Waals surface area contributed by atoms with Crippen LogP contribution in [0.2, 0.25) is 0 Å². The number of fused-ring (bicyclic) bond motifs is 2. The summed E-state index contributed by atoms with van der Waals surface area (Å²) in [4.78, 5) is 3.08. The highest BCUT2D eigenvalue weighted by Gasteiger charge is 2.40. The number of rotatable bonds is 5.